The number of nitrogens with zero attached hydrogens (tertiary/aromatic N) is 2. The van der Waals surface area contributed by atoms with E-state index in [-0.39, 0.29) is 12.5 Å². The zero-order valence-electron chi connectivity index (χ0n) is 8.44. The Labute approximate surface area is 98.0 Å². The molecule has 16 heavy (non-hydrogen) atoms. The first-order valence-corrected chi connectivity index (χ1v) is 5.20. The maximum absolute atomic E-state index is 11.6. The Balaban J connectivity index is 2.33. The number of ether oxygens (including phenoxy) is 1. The molecule has 1 aliphatic rings. The molecule has 0 aromatic heterocycles. The molecule has 1 heterocycles. The van der Waals surface area contributed by atoms with Crippen LogP contribution in [0.4, 0.5) is 5.69 Å². The van der Waals surface area contributed by atoms with Gasteiger partial charge in [0, 0.05) is 17.6 Å². The first-order chi connectivity index (χ1) is 7.72. The lowest BCUT2D eigenvalue weighted by atomic mass is 10.2. The van der Waals surface area contributed by atoms with Crippen LogP contribution in [-0.4, -0.2) is 19.1 Å². The third kappa shape index (κ3) is 1.95. The summed E-state index contributed by atoms with van der Waals surface area (Å²) in [6.07, 6.45) is 0.299. The van der Waals surface area contributed by atoms with E-state index in [4.69, 9.17) is 21.6 Å². The highest BCUT2D eigenvalue weighted by atomic mass is 35.5. The van der Waals surface area contributed by atoms with Crippen LogP contribution in [0.25, 0.3) is 0 Å². The number of carbonyl (C=O) groups excluding carboxylic acids is 1. The summed E-state index contributed by atoms with van der Waals surface area (Å²) in [5, 5.41) is 9.10. The quantitative estimate of drug-likeness (QED) is 0.789. The van der Waals surface area contributed by atoms with E-state index in [0.717, 1.165) is 0 Å². The van der Waals surface area contributed by atoms with Crippen molar-refractivity contribution >= 4 is 23.2 Å². The van der Waals surface area contributed by atoms with Gasteiger partial charge in [-0.3, -0.25) is 4.79 Å². The number of amides is 1. The van der Waals surface area contributed by atoms with Crippen molar-refractivity contribution in [1.29, 1.82) is 5.26 Å². The minimum atomic E-state index is -0.134. The van der Waals surface area contributed by atoms with Gasteiger partial charge in [-0.15, -0.1) is 0 Å². The topological polar surface area (TPSA) is 53.3 Å². The molecule has 0 radical (unpaired) electrons. The van der Waals surface area contributed by atoms with Crippen molar-refractivity contribution < 1.29 is 9.53 Å². The smallest absolute Gasteiger partial charge is 0.265 e. The fourth-order valence-corrected chi connectivity index (χ4v) is 1.75. The highest BCUT2D eigenvalue weighted by molar-refractivity contribution is 6.30. The molecule has 0 atom stereocenters. The van der Waals surface area contributed by atoms with Gasteiger partial charge >= 0.3 is 0 Å². The van der Waals surface area contributed by atoms with E-state index in [1.165, 1.54) is 0 Å². The Morgan fingerprint density at radius 3 is 3.12 bits per heavy atom. The minimum absolute atomic E-state index is 0.00122. The average Bonchev–Trinajstić information content (AvgIpc) is 2.28. The second kappa shape index (κ2) is 4.42. The third-order valence-electron chi connectivity index (χ3n) is 2.31. The van der Waals surface area contributed by atoms with Gasteiger partial charge in [-0.2, -0.15) is 5.26 Å². The van der Waals surface area contributed by atoms with Crippen LogP contribution in [-0.2, 0) is 4.79 Å². The molecule has 1 aromatic rings. The van der Waals surface area contributed by atoms with Crippen molar-refractivity contribution in [2.24, 2.45) is 0 Å². The lowest BCUT2D eigenvalue weighted by Crippen LogP contribution is -2.39. The summed E-state index contributed by atoms with van der Waals surface area (Å²) in [4.78, 5) is 13.2. The van der Waals surface area contributed by atoms with Crippen molar-refractivity contribution in [3.63, 3.8) is 0 Å². The number of anilines is 1. The second-order valence-corrected chi connectivity index (χ2v) is 3.79. The third-order valence-corrected chi connectivity index (χ3v) is 2.55. The van der Waals surface area contributed by atoms with Gasteiger partial charge < -0.3 is 9.64 Å². The van der Waals surface area contributed by atoms with E-state index in [2.05, 4.69) is 0 Å². The van der Waals surface area contributed by atoms with E-state index < -0.39 is 0 Å². The number of rotatable bonds is 2. The van der Waals surface area contributed by atoms with Crippen molar-refractivity contribution in [1.82, 2.24) is 0 Å². The Morgan fingerprint density at radius 1 is 1.56 bits per heavy atom. The van der Waals surface area contributed by atoms with Crippen LogP contribution in [0.5, 0.6) is 5.75 Å². The van der Waals surface area contributed by atoms with Gasteiger partial charge in [0.2, 0.25) is 0 Å². The molecule has 4 nitrogen and oxygen atoms in total. The van der Waals surface area contributed by atoms with Gasteiger partial charge in [0.25, 0.3) is 5.91 Å². The highest BCUT2D eigenvalue weighted by Crippen LogP contribution is 2.34. The van der Waals surface area contributed by atoms with Crippen LogP contribution >= 0.6 is 11.6 Å². The standard InChI is InChI=1S/C11H9ClN2O2/c12-8-2-3-9-10(6-8)16-7-11(15)14(9)5-1-4-13/h2-3,6H,1,5,7H2. The number of halogens is 1. The van der Waals surface area contributed by atoms with E-state index >= 15 is 0 Å². The van der Waals surface area contributed by atoms with Crippen molar-refractivity contribution in [3.05, 3.63) is 23.2 Å². The summed E-state index contributed by atoms with van der Waals surface area (Å²) in [6.45, 7) is 0.381. The maximum atomic E-state index is 11.6. The molecule has 82 valence electrons. The first-order valence-electron chi connectivity index (χ1n) is 4.82. The normalized spacial score (nSPS) is 14.0. The SMILES string of the molecule is N#CCCN1C(=O)COc2cc(Cl)ccc21. The molecule has 1 aromatic carbocycles. The Morgan fingerprint density at radius 2 is 2.38 bits per heavy atom. The van der Waals surface area contributed by atoms with Crippen LogP contribution in [0.2, 0.25) is 5.02 Å². The van der Waals surface area contributed by atoms with Crippen molar-refractivity contribution in [2.75, 3.05) is 18.1 Å². The van der Waals surface area contributed by atoms with Gasteiger partial charge in [0.15, 0.2) is 6.61 Å². The van der Waals surface area contributed by atoms with E-state index in [0.29, 0.717) is 29.4 Å². The molecule has 0 N–H and O–H groups in total. The summed E-state index contributed by atoms with van der Waals surface area (Å²) >= 11 is 5.83. The van der Waals surface area contributed by atoms with Crippen molar-refractivity contribution in [3.8, 4) is 11.8 Å². The van der Waals surface area contributed by atoms with Gasteiger partial charge in [0.05, 0.1) is 18.2 Å². The molecular weight excluding hydrogens is 228 g/mol. The van der Waals surface area contributed by atoms with Gasteiger partial charge in [-0.1, -0.05) is 11.6 Å². The number of hydrogen-bond donors (Lipinski definition) is 0. The van der Waals surface area contributed by atoms with Crippen LogP contribution in [0.1, 0.15) is 6.42 Å². The second-order valence-electron chi connectivity index (χ2n) is 3.35. The number of fused-ring (bicyclic) bond motifs is 1. The molecule has 0 saturated heterocycles. The Kier molecular flexibility index (Phi) is 2.97. The zero-order chi connectivity index (χ0) is 11.5. The zero-order valence-corrected chi connectivity index (χ0v) is 9.20. The molecule has 1 amide bonds. The summed E-state index contributed by atoms with van der Waals surface area (Å²) in [7, 11) is 0. The number of hydrogen-bond acceptors (Lipinski definition) is 3. The van der Waals surface area contributed by atoms with Gasteiger partial charge in [0.1, 0.15) is 5.75 Å². The minimum Gasteiger partial charge on any atom is -0.482 e. The van der Waals surface area contributed by atoms with E-state index in [9.17, 15) is 4.79 Å². The van der Waals surface area contributed by atoms with Crippen LogP contribution in [0.3, 0.4) is 0 Å². The maximum Gasteiger partial charge on any atom is 0.265 e. The lowest BCUT2D eigenvalue weighted by molar-refractivity contribution is -0.121. The van der Waals surface area contributed by atoms with Crippen LogP contribution in [0.15, 0.2) is 18.2 Å². The molecule has 2 rings (SSSR count). The van der Waals surface area contributed by atoms with Gasteiger partial charge in [-0.25, -0.2) is 0 Å². The predicted octanol–water partition coefficient (Wildman–Crippen LogP) is 1.98. The highest BCUT2D eigenvalue weighted by Gasteiger charge is 2.24. The number of carbonyl (C=O) groups is 1. The first kappa shape index (κ1) is 10.8. The Bertz CT molecular complexity index is 468. The fourth-order valence-electron chi connectivity index (χ4n) is 1.59. The van der Waals surface area contributed by atoms with Crippen molar-refractivity contribution in [2.45, 2.75) is 6.42 Å². The fraction of sp³-hybridized carbons (Fsp3) is 0.273. The predicted molar refractivity (Wildman–Crippen MR) is 59.5 cm³/mol. The average molecular weight is 237 g/mol. The summed E-state index contributed by atoms with van der Waals surface area (Å²) in [5.74, 6) is 0.454. The largest absolute Gasteiger partial charge is 0.482 e. The molecule has 0 saturated carbocycles. The molecule has 1 aliphatic heterocycles. The monoisotopic (exact) mass is 236 g/mol. The number of benzene rings is 1. The Hall–Kier alpha value is -1.73. The summed E-state index contributed by atoms with van der Waals surface area (Å²) in [6, 6.07) is 7.11. The molecule has 0 bridgehead atoms. The van der Waals surface area contributed by atoms with Gasteiger partial charge in [-0.05, 0) is 12.1 Å². The van der Waals surface area contributed by atoms with E-state index in [1.807, 2.05) is 6.07 Å². The molecule has 5 heteroatoms. The van der Waals surface area contributed by atoms with E-state index in [1.54, 1.807) is 23.1 Å². The molecular formula is C11H9ClN2O2. The van der Waals surface area contributed by atoms with Crippen LogP contribution < -0.4 is 9.64 Å². The molecule has 0 unspecified atom stereocenters. The van der Waals surface area contributed by atoms with Crippen LogP contribution in [0, 0.1) is 11.3 Å². The lowest BCUT2D eigenvalue weighted by Gasteiger charge is -2.28. The molecule has 0 spiro atoms. The summed E-state index contributed by atoms with van der Waals surface area (Å²) < 4.78 is 5.27. The molecule has 0 aliphatic carbocycles. The summed E-state index contributed by atoms with van der Waals surface area (Å²) in [5.41, 5.74) is 0.677. The number of nitriles is 1. The molecule has 0 fully saturated rings.